The number of aromatic nitrogens is 1. The summed E-state index contributed by atoms with van der Waals surface area (Å²) in [4.78, 5) is 25.9. The highest BCUT2D eigenvalue weighted by Gasteiger charge is 2.29. The molecule has 0 aromatic carbocycles. The third-order valence-electron chi connectivity index (χ3n) is 2.83. The molecule has 1 aromatic heterocycles. The van der Waals surface area contributed by atoms with Gasteiger partial charge in [-0.15, -0.1) is 0 Å². The normalized spacial score (nSPS) is 17.7. The van der Waals surface area contributed by atoms with Gasteiger partial charge in [-0.2, -0.15) is 4.31 Å². The standard InChI is InChI=1S/C10H13N3O4S/c14-8-12-3-5-13(6-4-12)18(16,17)10-7-11-2-1-9(10)15/h1-2,7-8H,3-6H2,(H,11,15). The van der Waals surface area contributed by atoms with Crippen molar-refractivity contribution in [3.05, 3.63) is 28.7 Å². The molecule has 18 heavy (non-hydrogen) atoms. The van der Waals surface area contributed by atoms with Crippen molar-refractivity contribution in [2.75, 3.05) is 26.2 Å². The Labute approximate surface area is 104 Å². The molecule has 1 aliphatic heterocycles. The van der Waals surface area contributed by atoms with E-state index in [1.807, 2.05) is 0 Å². The van der Waals surface area contributed by atoms with Gasteiger partial charge in [0.1, 0.15) is 4.90 Å². The zero-order chi connectivity index (χ0) is 13.2. The van der Waals surface area contributed by atoms with Crippen LogP contribution in [0.15, 0.2) is 28.2 Å². The fourth-order valence-electron chi connectivity index (χ4n) is 1.79. The number of sulfonamides is 1. The van der Waals surface area contributed by atoms with E-state index in [1.165, 1.54) is 27.7 Å². The Hall–Kier alpha value is -1.67. The van der Waals surface area contributed by atoms with Crippen LogP contribution in [0.2, 0.25) is 0 Å². The molecule has 1 aliphatic rings. The lowest BCUT2D eigenvalue weighted by atomic mass is 10.4. The number of nitrogens with one attached hydrogen (secondary N) is 1. The van der Waals surface area contributed by atoms with Gasteiger partial charge in [0.15, 0.2) is 0 Å². The van der Waals surface area contributed by atoms with Crippen LogP contribution in [0.4, 0.5) is 0 Å². The Kier molecular flexibility index (Phi) is 3.48. The first-order chi connectivity index (χ1) is 8.55. The van der Waals surface area contributed by atoms with E-state index in [0.717, 1.165) is 0 Å². The van der Waals surface area contributed by atoms with E-state index < -0.39 is 15.5 Å². The van der Waals surface area contributed by atoms with Gasteiger partial charge in [-0.3, -0.25) is 9.59 Å². The predicted octanol–water partition coefficient (Wildman–Crippen LogP) is -1.16. The number of H-pyrrole nitrogens is 1. The molecule has 98 valence electrons. The van der Waals surface area contributed by atoms with Crippen molar-refractivity contribution in [1.82, 2.24) is 14.2 Å². The topological polar surface area (TPSA) is 90.6 Å². The van der Waals surface area contributed by atoms with Crippen LogP contribution in [-0.2, 0) is 14.8 Å². The molecule has 0 radical (unpaired) electrons. The SMILES string of the molecule is O=CN1CCN(S(=O)(=O)c2c[nH]ccc2=O)CC1. The largest absolute Gasteiger partial charge is 0.366 e. The van der Waals surface area contributed by atoms with Crippen LogP contribution in [-0.4, -0.2) is 55.2 Å². The molecule has 1 N–H and O–H groups in total. The van der Waals surface area contributed by atoms with Crippen molar-refractivity contribution >= 4 is 16.4 Å². The lowest BCUT2D eigenvalue weighted by Crippen LogP contribution is -2.48. The van der Waals surface area contributed by atoms with E-state index in [4.69, 9.17) is 0 Å². The van der Waals surface area contributed by atoms with Crippen LogP contribution in [0.5, 0.6) is 0 Å². The number of carbonyl (C=O) groups is 1. The van der Waals surface area contributed by atoms with Crippen LogP contribution in [0.1, 0.15) is 0 Å². The van der Waals surface area contributed by atoms with Crippen molar-refractivity contribution in [2.45, 2.75) is 4.90 Å². The van der Waals surface area contributed by atoms with Gasteiger partial charge in [0.2, 0.25) is 21.9 Å². The van der Waals surface area contributed by atoms with Crippen LogP contribution >= 0.6 is 0 Å². The van der Waals surface area contributed by atoms with E-state index in [9.17, 15) is 18.0 Å². The number of hydrogen-bond donors (Lipinski definition) is 1. The highest BCUT2D eigenvalue weighted by Crippen LogP contribution is 2.12. The molecule has 2 rings (SSSR count). The summed E-state index contributed by atoms with van der Waals surface area (Å²) >= 11 is 0. The smallest absolute Gasteiger partial charge is 0.248 e. The van der Waals surface area contributed by atoms with Crippen molar-refractivity contribution in [1.29, 1.82) is 0 Å². The predicted molar refractivity (Wildman–Crippen MR) is 63.5 cm³/mol. The molecule has 1 saturated heterocycles. The van der Waals surface area contributed by atoms with Gasteiger partial charge in [-0.1, -0.05) is 0 Å². The molecule has 1 fully saturated rings. The third-order valence-corrected chi connectivity index (χ3v) is 4.75. The minimum Gasteiger partial charge on any atom is -0.366 e. The quantitative estimate of drug-likeness (QED) is 0.702. The van der Waals surface area contributed by atoms with Gasteiger partial charge < -0.3 is 9.88 Å². The molecule has 0 aliphatic carbocycles. The Balaban J connectivity index is 2.26. The van der Waals surface area contributed by atoms with Crippen LogP contribution in [0.25, 0.3) is 0 Å². The summed E-state index contributed by atoms with van der Waals surface area (Å²) in [5, 5.41) is 0. The van der Waals surface area contributed by atoms with E-state index in [0.29, 0.717) is 19.5 Å². The summed E-state index contributed by atoms with van der Waals surface area (Å²) in [6.45, 7) is 1.09. The van der Waals surface area contributed by atoms with E-state index in [2.05, 4.69) is 4.98 Å². The molecular weight excluding hydrogens is 258 g/mol. The molecule has 0 saturated carbocycles. The lowest BCUT2D eigenvalue weighted by Gasteiger charge is -2.31. The number of aromatic amines is 1. The van der Waals surface area contributed by atoms with Gasteiger partial charge in [-0.05, 0) is 0 Å². The van der Waals surface area contributed by atoms with Crippen molar-refractivity contribution in [2.24, 2.45) is 0 Å². The molecule has 0 unspecified atom stereocenters. The van der Waals surface area contributed by atoms with E-state index >= 15 is 0 Å². The molecule has 1 amide bonds. The zero-order valence-corrected chi connectivity index (χ0v) is 10.4. The Morgan fingerprint density at radius 1 is 1.22 bits per heavy atom. The second-order valence-electron chi connectivity index (χ2n) is 3.92. The number of carbonyl (C=O) groups excluding carboxylic acids is 1. The number of piperazine rings is 1. The fraction of sp³-hybridized carbons (Fsp3) is 0.400. The summed E-state index contributed by atoms with van der Waals surface area (Å²) in [6.07, 6.45) is 3.26. The van der Waals surface area contributed by atoms with E-state index in [-0.39, 0.29) is 18.0 Å². The lowest BCUT2D eigenvalue weighted by molar-refractivity contribution is -0.119. The second kappa shape index (κ2) is 4.91. The maximum Gasteiger partial charge on any atom is 0.248 e. The van der Waals surface area contributed by atoms with Gasteiger partial charge >= 0.3 is 0 Å². The van der Waals surface area contributed by atoms with Gasteiger partial charge in [-0.25, -0.2) is 8.42 Å². The molecule has 0 spiro atoms. The molecule has 1 aromatic rings. The molecule has 7 nitrogen and oxygen atoms in total. The highest BCUT2D eigenvalue weighted by molar-refractivity contribution is 7.89. The molecule has 2 heterocycles. The molecular formula is C10H13N3O4S. The zero-order valence-electron chi connectivity index (χ0n) is 9.57. The van der Waals surface area contributed by atoms with Crippen LogP contribution in [0, 0.1) is 0 Å². The van der Waals surface area contributed by atoms with Crippen molar-refractivity contribution < 1.29 is 13.2 Å². The summed E-state index contributed by atoms with van der Waals surface area (Å²) < 4.78 is 25.6. The maximum atomic E-state index is 12.2. The average molecular weight is 271 g/mol. The van der Waals surface area contributed by atoms with Crippen molar-refractivity contribution in [3.63, 3.8) is 0 Å². The molecule has 0 atom stereocenters. The Morgan fingerprint density at radius 2 is 1.89 bits per heavy atom. The van der Waals surface area contributed by atoms with Crippen LogP contribution in [0.3, 0.4) is 0 Å². The van der Waals surface area contributed by atoms with Crippen molar-refractivity contribution in [3.8, 4) is 0 Å². The highest BCUT2D eigenvalue weighted by atomic mass is 32.2. The number of hydrogen-bond acceptors (Lipinski definition) is 4. The summed E-state index contributed by atoms with van der Waals surface area (Å²) in [6, 6.07) is 1.18. The Morgan fingerprint density at radius 3 is 2.44 bits per heavy atom. The minimum absolute atomic E-state index is 0.204. The average Bonchev–Trinajstić information content (AvgIpc) is 2.39. The Bertz CT molecular complexity index is 587. The van der Waals surface area contributed by atoms with Gasteiger partial charge in [0.05, 0.1) is 0 Å². The van der Waals surface area contributed by atoms with E-state index in [1.54, 1.807) is 0 Å². The number of rotatable bonds is 3. The first-order valence-corrected chi connectivity index (χ1v) is 6.86. The summed E-state index contributed by atoms with van der Waals surface area (Å²) in [5.74, 6) is 0. The first-order valence-electron chi connectivity index (χ1n) is 5.42. The maximum absolute atomic E-state index is 12.2. The fourth-order valence-corrected chi connectivity index (χ4v) is 3.25. The number of pyridine rings is 1. The first kappa shape index (κ1) is 12.8. The minimum atomic E-state index is -3.78. The summed E-state index contributed by atoms with van der Waals surface area (Å²) in [5.41, 5.74) is -0.536. The van der Waals surface area contributed by atoms with Gasteiger partial charge in [0.25, 0.3) is 0 Å². The second-order valence-corrected chi connectivity index (χ2v) is 5.82. The number of amides is 1. The molecule has 0 bridgehead atoms. The number of nitrogens with zero attached hydrogens (tertiary/aromatic N) is 2. The third kappa shape index (κ3) is 2.29. The molecule has 8 heteroatoms. The van der Waals surface area contributed by atoms with Crippen LogP contribution < -0.4 is 5.43 Å². The summed E-state index contributed by atoms with van der Waals surface area (Å²) in [7, 11) is -3.78. The monoisotopic (exact) mass is 271 g/mol. The van der Waals surface area contributed by atoms with Gasteiger partial charge in [0, 0.05) is 44.6 Å².